The van der Waals surface area contributed by atoms with E-state index in [0.717, 1.165) is 5.56 Å². The number of benzene rings is 1. The molecule has 0 saturated heterocycles. The Morgan fingerprint density at radius 2 is 2.00 bits per heavy atom. The second-order valence-corrected chi connectivity index (χ2v) is 5.41. The Labute approximate surface area is 147 Å². The van der Waals surface area contributed by atoms with Crippen LogP contribution < -0.4 is 16.4 Å². The first-order valence-electron chi connectivity index (χ1n) is 7.67. The molecule has 2 heterocycles. The molecule has 0 unspecified atom stereocenters. The summed E-state index contributed by atoms with van der Waals surface area (Å²) in [7, 11) is 0. The van der Waals surface area contributed by atoms with Crippen molar-refractivity contribution in [3.8, 4) is 0 Å². The Balaban J connectivity index is 1.76. The maximum atomic E-state index is 12.1. The van der Waals surface area contributed by atoms with Crippen molar-refractivity contribution in [2.75, 3.05) is 0 Å². The van der Waals surface area contributed by atoms with Gasteiger partial charge in [-0.05, 0) is 30.7 Å². The molecule has 0 radical (unpaired) electrons. The van der Waals surface area contributed by atoms with Crippen LogP contribution in [0.15, 0.2) is 57.9 Å². The van der Waals surface area contributed by atoms with Gasteiger partial charge in [0, 0.05) is 11.8 Å². The number of guanidine groups is 1. The molecule has 3 rings (SSSR count). The van der Waals surface area contributed by atoms with Gasteiger partial charge in [-0.3, -0.25) is 9.89 Å². The second-order valence-electron chi connectivity index (χ2n) is 5.41. The van der Waals surface area contributed by atoms with Gasteiger partial charge in [0.05, 0.1) is 17.6 Å². The number of aliphatic imine (C=N–C) groups is 1. The molecule has 1 aromatic carbocycles. The summed E-state index contributed by atoms with van der Waals surface area (Å²) in [6, 6.07) is 8.24. The van der Waals surface area contributed by atoms with Gasteiger partial charge < -0.3 is 11.5 Å². The Morgan fingerprint density at radius 3 is 2.73 bits per heavy atom. The van der Waals surface area contributed by atoms with Crippen molar-refractivity contribution in [3.05, 3.63) is 53.9 Å². The Hall–Kier alpha value is -3.91. The van der Waals surface area contributed by atoms with Crippen LogP contribution in [0.5, 0.6) is 0 Å². The molecule has 0 bridgehead atoms. The van der Waals surface area contributed by atoms with Gasteiger partial charge in [-0.25, -0.2) is 9.98 Å². The summed E-state index contributed by atoms with van der Waals surface area (Å²) in [5, 5.41) is 14.8. The van der Waals surface area contributed by atoms with Crippen molar-refractivity contribution in [1.82, 2.24) is 20.1 Å². The van der Waals surface area contributed by atoms with E-state index in [1.807, 2.05) is 6.92 Å². The minimum Gasteiger partial charge on any atom is -0.370 e. The van der Waals surface area contributed by atoms with E-state index in [9.17, 15) is 4.79 Å². The summed E-state index contributed by atoms with van der Waals surface area (Å²) in [4.78, 5) is 23.8. The van der Waals surface area contributed by atoms with Crippen molar-refractivity contribution in [2.24, 2.45) is 26.7 Å². The number of nitrogens with two attached hydrogens (primary N) is 2. The molecule has 0 spiro atoms. The number of H-pyrrole nitrogens is 1. The number of nitrogens with one attached hydrogen (secondary N) is 1. The molecule has 10 nitrogen and oxygen atoms in total. The van der Waals surface area contributed by atoms with Gasteiger partial charge in [-0.15, -0.1) is 0 Å². The standard InChI is InChI=1S/C16H15N9O/c1-9(21-16(17)18)10-2-4-11(5-3-10)15(26)24-25-22-13-6-7-19-14-12(13)8-20-23-14/h2-9H,1H3,(H4,17,18,21)/p+1/t9-/m1/s1. The first kappa shape index (κ1) is 16.9. The number of amides is 1. The summed E-state index contributed by atoms with van der Waals surface area (Å²) in [6.07, 6.45) is 3.14. The lowest BCUT2D eigenvalue weighted by atomic mass is 10.1. The highest BCUT2D eigenvalue weighted by Gasteiger charge is 2.12. The number of hydrogen-bond acceptors (Lipinski definition) is 5. The molecule has 3 aromatic rings. The third-order valence-electron chi connectivity index (χ3n) is 3.60. The number of carbonyl (C=O) groups excluding carboxylic acids is 1. The van der Waals surface area contributed by atoms with Gasteiger partial charge in [0.15, 0.2) is 22.4 Å². The number of nitrogens with zero attached hydrogens (tertiary/aromatic N) is 6. The first-order valence-corrected chi connectivity index (χ1v) is 7.67. The predicted molar refractivity (Wildman–Crippen MR) is 95.5 cm³/mol. The molecule has 0 aliphatic rings. The van der Waals surface area contributed by atoms with Gasteiger partial charge in [-0.2, -0.15) is 5.10 Å². The van der Waals surface area contributed by atoms with E-state index in [4.69, 9.17) is 11.5 Å². The summed E-state index contributed by atoms with van der Waals surface area (Å²) in [5.74, 6) is -0.497. The van der Waals surface area contributed by atoms with Crippen LogP contribution in [0.2, 0.25) is 0 Å². The molecule has 0 fully saturated rings. The van der Waals surface area contributed by atoms with Gasteiger partial charge in [-0.1, -0.05) is 12.1 Å². The summed E-state index contributed by atoms with van der Waals surface area (Å²) in [5.41, 5.74) is 13.1. The topological polar surface area (TPSA) is 162 Å². The number of aromatic amines is 1. The maximum Gasteiger partial charge on any atom is 0.360 e. The number of carbonyl (C=O) groups is 1. The third-order valence-corrected chi connectivity index (χ3v) is 3.60. The lowest BCUT2D eigenvalue weighted by molar-refractivity contribution is 0.0992. The molecule has 1 amide bonds. The average molecular weight is 350 g/mol. The van der Waals surface area contributed by atoms with E-state index >= 15 is 0 Å². The molecule has 130 valence electrons. The van der Waals surface area contributed by atoms with Gasteiger partial charge >= 0.3 is 5.91 Å². The molecule has 1 atom stereocenters. The fourth-order valence-electron chi connectivity index (χ4n) is 2.30. The predicted octanol–water partition coefficient (Wildman–Crippen LogP) is 1.74. The maximum absolute atomic E-state index is 12.1. The molecular formula is C16H16N9O+. The molecule has 2 aromatic heterocycles. The van der Waals surface area contributed by atoms with Crippen LogP contribution in [-0.2, 0) is 0 Å². The molecule has 10 heteroatoms. The zero-order valence-corrected chi connectivity index (χ0v) is 13.9. The van der Waals surface area contributed by atoms with Crippen molar-refractivity contribution in [3.63, 3.8) is 0 Å². The van der Waals surface area contributed by atoms with Crippen molar-refractivity contribution >= 4 is 28.6 Å². The third kappa shape index (κ3) is 3.77. The lowest BCUT2D eigenvalue weighted by Gasteiger charge is -2.06. The van der Waals surface area contributed by atoms with Crippen molar-refractivity contribution < 1.29 is 4.79 Å². The van der Waals surface area contributed by atoms with Crippen molar-refractivity contribution in [1.29, 1.82) is 0 Å². The van der Waals surface area contributed by atoms with Gasteiger partial charge in [0.2, 0.25) is 10.0 Å². The van der Waals surface area contributed by atoms with Crippen molar-refractivity contribution in [2.45, 2.75) is 13.0 Å². The van der Waals surface area contributed by atoms with Crippen LogP contribution >= 0.6 is 0 Å². The second kappa shape index (κ2) is 7.32. The number of hydrogen-bond donors (Lipinski definition) is 3. The summed E-state index contributed by atoms with van der Waals surface area (Å²) in [6.45, 7) is 1.85. The zero-order valence-electron chi connectivity index (χ0n) is 13.9. The zero-order chi connectivity index (χ0) is 18.5. The van der Waals surface area contributed by atoms with Crippen LogP contribution in [0.3, 0.4) is 0 Å². The molecule has 0 saturated carbocycles. The summed E-state index contributed by atoms with van der Waals surface area (Å²) >= 11 is 0. The van der Waals surface area contributed by atoms with Crippen LogP contribution in [0, 0.1) is 0 Å². The number of fused-ring (bicyclic) bond motifs is 1. The van der Waals surface area contributed by atoms with Gasteiger partial charge in [0.1, 0.15) is 0 Å². The van der Waals surface area contributed by atoms with E-state index in [1.165, 1.54) is 0 Å². The normalized spacial score (nSPS) is 11.4. The average Bonchev–Trinajstić information content (AvgIpc) is 3.11. The van der Waals surface area contributed by atoms with Crippen LogP contribution in [-0.4, -0.2) is 27.0 Å². The number of pyridine rings is 1. The molecule has 5 N–H and O–H groups in total. The highest BCUT2D eigenvalue weighted by molar-refractivity contribution is 5.94. The van der Waals surface area contributed by atoms with E-state index < -0.39 is 5.91 Å². The van der Waals surface area contributed by atoms with E-state index in [-0.39, 0.29) is 12.0 Å². The minimum absolute atomic E-state index is 0.0101. The Morgan fingerprint density at radius 1 is 1.23 bits per heavy atom. The fourth-order valence-corrected chi connectivity index (χ4v) is 2.30. The van der Waals surface area contributed by atoms with Crippen LogP contribution in [0.25, 0.3) is 11.0 Å². The highest BCUT2D eigenvalue weighted by atomic mass is 16.1. The molecule has 0 aliphatic carbocycles. The van der Waals surface area contributed by atoms with E-state index in [1.54, 1.807) is 42.7 Å². The molecule has 0 aliphatic heterocycles. The SMILES string of the molecule is C[C@@H](N=C(N)N)c1ccc(C(=O)N=[N+]=Nc2ccnc3[nH]ncc23)cc1. The van der Waals surface area contributed by atoms with E-state index in [0.29, 0.717) is 22.3 Å². The fraction of sp³-hybridized carbons (Fsp3) is 0.125. The monoisotopic (exact) mass is 350 g/mol. The van der Waals surface area contributed by atoms with E-state index in [2.05, 4.69) is 35.3 Å². The highest BCUT2D eigenvalue weighted by Crippen LogP contribution is 2.21. The minimum atomic E-state index is -0.507. The molecular weight excluding hydrogens is 334 g/mol. The smallest absolute Gasteiger partial charge is 0.360 e. The molecule has 26 heavy (non-hydrogen) atoms. The van der Waals surface area contributed by atoms with Gasteiger partial charge in [0.25, 0.3) is 0 Å². The Kier molecular flexibility index (Phi) is 4.77. The lowest BCUT2D eigenvalue weighted by Crippen LogP contribution is -2.23. The van der Waals surface area contributed by atoms with Crippen LogP contribution in [0.1, 0.15) is 28.9 Å². The first-order chi connectivity index (χ1) is 12.5. The number of rotatable bonds is 4. The van der Waals surface area contributed by atoms with Crippen LogP contribution in [0.4, 0.5) is 5.69 Å². The Bertz CT molecular complexity index is 1030. The quantitative estimate of drug-likeness (QED) is 0.282. The number of aromatic nitrogens is 3. The summed E-state index contributed by atoms with van der Waals surface area (Å²) < 4.78 is 0. The largest absolute Gasteiger partial charge is 0.370 e.